The normalized spacial score (nSPS) is 21.1. The number of nitrogens with zero attached hydrogens (tertiary/aromatic N) is 1. The lowest BCUT2D eigenvalue weighted by Gasteiger charge is -2.42. The van der Waals surface area contributed by atoms with E-state index in [-0.39, 0.29) is 11.6 Å². The molecular weight excluding hydrogens is 196 g/mol. The molecule has 1 atom stereocenters. The number of likely N-dealkylation sites (tertiary alicyclic amines) is 1. The minimum Gasteiger partial charge on any atom is -0.326 e. The molecule has 0 aromatic rings. The molecule has 1 fully saturated rings. The largest absolute Gasteiger partial charge is 0.326 e. The van der Waals surface area contributed by atoms with E-state index in [0.29, 0.717) is 0 Å². The van der Waals surface area contributed by atoms with Crippen molar-refractivity contribution >= 4 is 0 Å². The van der Waals surface area contributed by atoms with Gasteiger partial charge in [0.2, 0.25) is 0 Å². The highest BCUT2D eigenvalue weighted by Crippen LogP contribution is 2.24. The molecule has 92 valence electrons. The van der Waals surface area contributed by atoms with Gasteiger partial charge in [0.25, 0.3) is 0 Å². The Kier molecular flexibility index (Phi) is 5.31. The van der Waals surface area contributed by atoms with Crippen LogP contribution >= 0.6 is 0 Å². The second kappa shape index (κ2) is 6.27. The Balaban J connectivity index is 2.55. The van der Waals surface area contributed by atoms with Crippen molar-refractivity contribution in [3.8, 4) is 12.3 Å². The van der Waals surface area contributed by atoms with E-state index in [1.165, 1.54) is 38.8 Å². The Morgan fingerprint density at radius 3 is 2.31 bits per heavy atom. The second-order valence-electron chi connectivity index (χ2n) is 5.40. The zero-order chi connectivity index (χ0) is 12.0. The van der Waals surface area contributed by atoms with Crippen molar-refractivity contribution in [2.75, 3.05) is 13.1 Å². The van der Waals surface area contributed by atoms with Crippen LogP contribution in [0, 0.1) is 12.3 Å². The number of hydrogen-bond acceptors (Lipinski definition) is 2. The third-order valence-corrected chi connectivity index (χ3v) is 3.93. The van der Waals surface area contributed by atoms with Gasteiger partial charge in [-0.05, 0) is 46.2 Å². The van der Waals surface area contributed by atoms with Crippen molar-refractivity contribution in [1.29, 1.82) is 0 Å². The molecule has 0 aromatic heterocycles. The maximum atomic E-state index is 6.28. The first-order chi connectivity index (χ1) is 7.59. The number of rotatable bonds is 4. The zero-order valence-electron chi connectivity index (χ0n) is 10.8. The summed E-state index contributed by atoms with van der Waals surface area (Å²) < 4.78 is 0. The van der Waals surface area contributed by atoms with Gasteiger partial charge in [-0.1, -0.05) is 12.8 Å². The topological polar surface area (TPSA) is 29.3 Å². The highest BCUT2D eigenvalue weighted by Gasteiger charge is 2.32. The van der Waals surface area contributed by atoms with Gasteiger partial charge in [-0.2, -0.15) is 0 Å². The van der Waals surface area contributed by atoms with E-state index in [2.05, 4.69) is 24.7 Å². The van der Waals surface area contributed by atoms with Crippen LogP contribution in [0.3, 0.4) is 0 Å². The first-order valence-electron chi connectivity index (χ1n) is 6.53. The van der Waals surface area contributed by atoms with Crippen molar-refractivity contribution in [3.63, 3.8) is 0 Å². The lowest BCUT2D eigenvalue weighted by molar-refractivity contribution is 0.0954. The van der Waals surface area contributed by atoms with Gasteiger partial charge in [-0.3, -0.25) is 4.90 Å². The predicted octanol–water partition coefficient (Wildman–Crippen LogP) is 2.38. The standard InChI is InChI=1S/C14H26N2/c1-4-5-10-13(15)14(2,3)16-11-8-6-7-9-12-16/h1,13H,5-12,15H2,2-3H3. The van der Waals surface area contributed by atoms with Crippen LogP contribution in [0.15, 0.2) is 0 Å². The third-order valence-electron chi connectivity index (χ3n) is 3.93. The molecule has 0 amide bonds. The summed E-state index contributed by atoms with van der Waals surface area (Å²) in [5, 5.41) is 0. The Morgan fingerprint density at radius 2 is 1.81 bits per heavy atom. The highest BCUT2D eigenvalue weighted by atomic mass is 15.2. The van der Waals surface area contributed by atoms with E-state index in [1.807, 2.05) is 0 Å². The van der Waals surface area contributed by atoms with Gasteiger partial charge in [-0.15, -0.1) is 12.3 Å². The predicted molar refractivity (Wildman–Crippen MR) is 70.2 cm³/mol. The molecule has 1 rings (SSSR count). The summed E-state index contributed by atoms with van der Waals surface area (Å²) in [5.41, 5.74) is 6.37. The van der Waals surface area contributed by atoms with E-state index in [4.69, 9.17) is 12.2 Å². The smallest absolute Gasteiger partial charge is 0.0304 e. The van der Waals surface area contributed by atoms with Crippen LogP contribution in [0.1, 0.15) is 52.4 Å². The van der Waals surface area contributed by atoms with Crippen LogP contribution < -0.4 is 5.73 Å². The van der Waals surface area contributed by atoms with E-state index < -0.39 is 0 Å². The Labute approximate surface area is 101 Å². The van der Waals surface area contributed by atoms with Crippen LogP contribution in [-0.2, 0) is 0 Å². The molecule has 1 unspecified atom stereocenters. The maximum Gasteiger partial charge on any atom is 0.0304 e. The molecule has 1 heterocycles. The molecule has 0 bridgehead atoms. The SMILES string of the molecule is C#CCCC(N)C(C)(C)N1CCCCCC1. The fraction of sp³-hybridized carbons (Fsp3) is 0.857. The first kappa shape index (κ1) is 13.5. The average Bonchev–Trinajstić information content (AvgIpc) is 2.54. The van der Waals surface area contributed by atoms with E-state index in [0.717, 1.165) is 12.8 Å². The van der Waals surface area contributed by atoms with Gasteiger partial charge in [0, 0.05) is 18.0 Å². The molecule has 2 nitrogen and oxygen atoms in total. The molecule has 1 aliphatic rings. The monoisotopic (exact) mass is 222 g/mol. The Hall–Kier alpha value is -0.520. The molecule has 16 heavy (non-hydrogen) atoms. The van der Waals surface area contributed by atoms with Crippen LogP contribution in [0.25, 0.3) is 0 Å². The molecule has 0 aliphatic carbocycles. The van der Waals surface area contributed by atoms with Crippen LogP contribution in [0.4, 0.5) is 0 Å². The van der Waals surface area contributed by atoms with Gasteiger partial charge in [0.15, 0.2) is 0 Å². The third kappa shape index (κ3) is 3.50. The summed E-state index contributed by atoms with van der Waals surface area (Å²) in [4.78, 5) is 2.56. The minimum atomic E-state index is 0.0845. The summed E-state index contributed by atoms with van der Waals surface area (Å²) in [6.07, 6.45) is 12.4. The average molecular weight is 222 g/mol. The van der Waals surface area contributed by atoms with Gasteiger partial charge < -0.3 is 5.73 Å². The molecule has 2 heteroatoms. The minimum absolute atomic E-state index is 0.0845. The fourth-order valence-electron chi connectivity index (χ4n) is 2.47. The summed E-state index contributed by atoms with van der Waals surface area (Å²) in [6.45, 7) is 6.91. The lowest BCUT2D eigenvalue weighted by atomic mass is 9.89. The quantitative estimate of drug-likeness (QED) is 0.740. The fourth-order valence-corrected chi connectivity index (χ4v) is 2.47. The summed E-state index contributed by atoms with van der Waals surface area (Å²) in [6, 6.07) is 0.182. The van der Waals surface area contributed by atoms with Crippen molar-refractivity contribution in [1.82, 2.24) is 4.90 Å². The van der Waals surface area contributed by atoms with Crippen molar-refractivity contribution in [3.05, 3.63) is 0 Å². The van der Waals surface area contributed by atoms with Gasteiger partial charge >= 0.3 is 0 Å². The van der Waals surface area contributed by atoms with Crippen molar-refractivity contribution < 1.29 is 0 Å². The zero-order valence-corrected chi connectivity index (χ0v) is 10.8. The summed E-state index contributed by atoms with van der Waals surface area (Å²) in [5.74, 6) is 2.69. The maximum absolute atomic E-state index is 6.28. The molecule has 2 N–H and O–H groups in total. The molecular formula is C14H26N2. The first-order valence-corrected chi connectivity index (χ1v) is 6.53. The highest BCUT2D eigenvalue weighted by molar-refractivity contribution is 4.95. The molecule has 0 radical (unpaired) electrons. The second-order valence-corrected chi connectivity index (χ2v) is 5.40. The van der Waals surface area contributed by atoms with E-state index in [9.17, 15) is 0 Å². The molecule has 0 spiro atoms. The number of terminal acetylenes is 1. The Bertz CT molecular complexity index is 232. The van der Waals surface area contributed by atoms with Crippen LogP contribution in [-0.4, -0.2) is 29.6 Å². The summed E-state index contributed by atoms with van der Waals surface area (Å²) >= 11 is 0. The van der Waals surface area contributed by atoms with Gasteiger partial charge in [0.1, 0.15) is 0 Å². The van der Waals surface area contributed by atoms with Gasteiger partial charge in [-0.25, -0.2) is 0 Å². The Morgan fingerprint density at radius 1 is 1.25 bits per heavy atom. The van der Waals surface area contributed by atoms with Gasteiger partial charge in [0.05, 0.1) is 0 Å². The lowest BCUT2D eigenvalue weighted by Crippen LogP contribution is -2.56. The molecule has 1 aliphatic heterocycles. The van der Waals surface area contributed by atoms with E-state index in [1.54, 1.807) is 0 Å². The van der Waals surface area contributed by atoms with Crippen molar-refractivity contribution in [2.24, 2.45) is 5.73 Å². The summed E-state index contributed by atoms with van der Waals surface area (Å²) in [7, 11) is 0. The van der Waals surface area contributed by atoms with E-state index >= 15 is 0 Å². The van der Waals surface area contributed by atoms with Crippen LogP contribution in [0.5, 0.6) is 0 Å². The number of nitrogens with two attached hydrogens (primary N) is 1. The van der Waals surface area contributed by atoms with Crippen molar-refractivity contribution in [2.45, 2.75) is 64.0 Å². The molecule has 0 aromatic carbocycles. The molecule has 0 saturated carbocycles. The van der Waals surface area contributed by atoms with Crippen LogP contribution in [0.2, 0.25) is 0 Å². The molecule has 1 saturated heterocycles. The number of hydrogen-bond donors (Lipinski definition) is 1.